The van der Waals surface area contributed by atoms with Crippen LogP contribution in [0.1, 0.15) is 11.3 Å². The van der Waals surface area contributed by atoms with Gasteiger partial charge in [0, 0.05) is 37.2 Å². The minimum absolute atomic E-state index is 0. The maximum Gasteiger partial charge on any atom is 0.191 e. The summed E-state index contributed by atoms with van der Waals surface area (Å²) in [5.41, 5.74) is 4.63. The summed E-state index contributed by atoms with van der Waals surface area (Å²) in [7, 11) is 1.79. The zero-order valence-corrected chi connectivity index (χ0v) is 18.6. The van der Waals surface area contributed by atoms with E-state index in [2.05, 4.69) is 74.2 Å². The Morgan fingerprint density at radius 3 is 2.62 bits per heavy atom. The van der Waals surface area contributed by atoms with E-state index in [1.807, 2.05) is 23.0 Å². The molecule has 4 aromatic rings. The number of fused-ring (bicyclic) bond motifs is 1. The maximum absolute atomic E-state index is 4.31. The van der Waals surface area contributed by atoms with Crippen molar-refractivity contribution in [3.63, 3.8) is 0 Å². The van der Waals surface area contributed by atoms with Gasteiger partial charge in [-0.25, -0.2) is 4.68 Å². The highest BCUT2D eigenvalue weighted by Crippen LogP contribution is 2.14. The molecule has 0 atom stereocenters. The first kappa shape index (κ1) is 20.9. The molecule has 3 N–H and O–H groups in total. The summed E-state index contributed by atoms with van der Waals surface area (Å²) in [5.74, 6) is 0.798. The van der Waals surface area contributed by atoms with Crippen LogP contribution >= 0.6 is 24.0 Å². The lowest BCUT2D eigenvalue weighted by atomic mass is 10.1. The Kier molecular flexibility index (Phi) is 7.29. The fourth-order valence-corrected chi connectivity index (χ4v) is 3.19. The fourth-order valence-electron chi connectivity index (χ4n) is 3.19. The van der Waals surface area contributed by atoms with E-state index in [0.717, 1.165) is 35.8 Å². The molecule has 0 saturated carbocycles. The number of aromatic amines is 1. The van der Waals surface area contributed by atoms with E-state index in [0.29, 0.717) is 6.54 Å². The van der Waals surface area contributed by atoms with Gasteiger partial charge in [0.2, 0.25) is 0 Å². The van der Waals surface area contributed by atoms with Crippen molar-refractivity contribution in [3.8, 4) is 5.69 Å². The summed E-state index contributed by atoms with van der Waals surface area (Å²) in [6.45, 7) is 1.51. The summed E-state index contributed by atoms with van der Waals surface area (Å²) in [6, 6.07) is 20.8. The van der Waals surface area contributed by atoms with Gasteiger partial charge in [0.1, 0.15) is 0 Å². The molecule has 0 aliphatic rings. The highest BCUT2D eigenvalue weighted by atomic mass is 127. The third kappa shape index (κ3) is 5.38. The van der Waals surface area contributed by atoms with Crippen LogP contribution in [0.5, 0.6) is 0 Å². The largest absolute Gasteiger partial charge is 0.357 e. The highest BCUT2D eigenvalue weighted by molar-refractivity contribution is 14.0. The zero-order valence-electron chi connectivity index (χ0n) is 16.3. The fraction of sp³-hybridized carbons (Fsp3) is 0.182. The molecule has 7 heteroatoms. The standard InChI is InChI=1S/C22H24N6.HI/c1-23-22(25-16-19-15-18-5-2-3-6-21(18)27-19)24-13-11-17-7-9-20(10-8-17)28-14-4-12-26-28;/h2-10,12,14-15,27H,11,13,16H2,1H3,(H2,23,24,25);1H. The molecule has 0 aliphatic carbocycles. The molecule has 0 saturated heterocycles. The Morgan fingerprint density at radius 1 is 1.07 bits per heavy atom. The molecule has 0 fully saturated rings. The summed E-state index contributed by atoms with van der Waals surface area (Å²) < 4.78 is 1.86. The number of rotatable bonds is 6. The van der Waals surface area contributed by atoms with Crippen LogP contribution in [0.2, 0.25) is 0 Å². The molecule has 2 heterocycles. The average Bonchev–Trinajstić information content (AvgIpc) is 3.40. The molecule has 29 heavy (non-hydrogen) atoms. The minimum atomic E-state index is 0. The molecule has 2 aromatic heterocycles. The van der Waals surface area contributed by atoms with Gasteiger partial charge < -0.3 is 15.6 Å². The molecule has 0 radical (unpaired) electrons. The third-order valence-corrected chi connectivity index (χ3v) is 4.67. The molecule has 0 amide bonds. The Bertz CT molecular complexity index is 1020. The molecular formula is C22H25IN6. The van der Waals surface area contributed by atoms with Crippen molar-refractivity contribution in [2.24, 2.45) is 4.99 Å². The second-order valence-electron chi connectivity index (χ2n) is 6.60. The van der Waals surface area contributed by atoms with Crippen molar-refractivity contribution in [3.05, 3.63) is 84.3 Å². The molecule has 0 aliphatic heterocycles. The van der Waals surface area contributed by atoms with E-state index in [-0.39, 0.29) is 24.0 Å². The normalized spacial score (nSPS) is 11.3. The first-order valence-corrected chi connectivity index (χ1v) is 9.42. The predicted octanol–water partition coefficient (Wildman–Crippen LogP) is 3.88. The lowest BCUT2D eigenvalue weighted by molar-refractivity contribution is 0.787. The molecule has 4 rings (SSSR count). The first-order valence-electron chi connectivity index (χ1n) is 9.42. The smallest absolute Gasteiger partial charge is 0.191 e. The SMILES string of the molecule is CN=C(NCCc1ccc(-n2cccn2)cc1)NCc1cc2ccccc2[nH]1.I. The van der Waals surface area contributed by atoms with Crippen LogP contribution in [0.15, 0.2) is 78.0 Å². The van der Waals surface area contributed by atoms with Gasteiger partial charge in [-0.3, -0.25) is 4.99 Å². The van der Waals surface area contributed by atoms with E-state index in [9.17, 15) is 0 Å². The van der Waals surface area contributed by atoms with Crippen molar-refractivity contribution in [2.45, 2.75) is 13.0 Å². The van der Waals surface area contributed by atoms with Crippen LogP contribution in [-0.2, 0) is 13.0 Å². The number of halogens is 1. The van der Waals surface area contributed by atoms with E-state index in [1.54, 1.807) is 13.2 Å². The quantitative estimate of drug-likeness (QED) is 0.214. The lowest BCUT2D eigenvalue weighted by Gasteiger charge is -2.11. The number of H-pyrrole nitrogens is 1. The van der Waals surface area contributed by atoms with Crippen LogP contribution < -0.4 is 10.6 Å². The van der Waals surface area contributed by atoms with Gasteiger partial charge in [-0.15, -0.1) is 24.0 Å². The number of benzene rings is 2. The number of nitrogens with one attached hydrogen (secondary N) is 3. The van der Waals surface area contributed by atoms with Gasteiger partial charge in [-0.1, -0.05) is 30.3 Å². The van der Waals surface area contributed by atoms with Crippen molar-refractivity contribution < 1.29 is 0 Å². The minimum Gasteiger partial charge on any atom is -0.357 e. The number of hydrogen-bond donors (Lipinski definition) is 3. The number of hydrogen-bond acceptors (Lipinski definition) is 2. The summed E-state index contributed by atoms with van der Waals surface area (Å²) in [5, 5.41) is 12.2. The van der Waals surface area contributed by atoms with Crippen LogP contribution in [0, 0.1) is 0 Å². The van der Waals surface area contributed by atoms with Crippen molar-refractivity contribution in [1.29, 1.82) is 0 Å². The van der Waals surface area contributed by atoms with Crippen LogP contribution in [0.4, 0.5) is 0 Å². The number of para-hydroxylation sites is 1. The van der Waals surface area contributed by atoms with Gasteiger partial charge in [0.15, 0.2) is 5.96 Å². The maximum atomic E-state index is 4.31. The van der Waals surface area contributed by atoms with Gasteiger partial charge in [-0.2, -0.15) is 5.10 Å². The van der Waals surface area contributed by atoms with Gasteiger partial charge in [0.05, 0.1) is 12.2 Å². The van der Waals surface area contributed by atoms with E-state index < -0.39 is 0 Å². The second-order valence-corrected chi connectivity index (χ2v) is 6.60. The predicted molar refractivity (Wildman–Crippen MR) is 129 cm³/mol. The third-order valence-electron chi connectivity index (χ3n) is 4.67. The second kappa shape index (κ2) is 10.1. The zero-order chi connectivity index (χ0) is 19.2. The van der Waals surface area contributed by atoms with Crippen LogP contribution in [-0.4, -0.2) is 34.3 Å². The summed E-state index contributed by atoms with van der Waals surface area (Å²) >= 11 is 0. The van der Waals surface area contributed by atoms with Gasteiger partial charge in [-0.05, 0) is 47.7 Å². The van der Waals surface area contributed by atoms with Crippen molar-refractivity contribution >= 4 is 40.8 Å². The summed E-state index contributed by atoms with van der Waals surface area (Å²) in [4.78, 5) is 7.73. The molecule has 150 valence electrons. The topological polar surface area (TPSA) is 70.0 Å². The number of nitrogens with zero attached hydrogens (tertiary/aromatic N) is 3. The molecule has 0 spiro atoms. The Balaban J connectivity index is 0.00000240. The van der Waals surface area contributed by atoms with Crippen molar-refractivity contribution in [2.75, 3.05) is 13.6 Å². The molecule has 0 unspecified atom stereocenters. The Hall–Kier alpha value is -2.81. The van der Waals surface area contributed by atoms with Crippen molar-refractivity contribution in [1.82, 2.24) is 25.4 Å². The van der Waals surface area contributed by atoms with E-state index in [4.69, 9.17) is 0 Å². The summed E-state index contributed by atoms with van der Waals surface area (Å²) in [6.07, 6.45) is 4.65. The molecule has 2 aromatic carbocycles. The number of aromatic nitrogens is 3. The number of guanidine groups is 1. The number of aliphatic imine (C=N–C) groups is 1. The van der Waals surface area contributed by atoms with Gasteiger partial charge in [0.25, 0.3) is 0 Å². The monoisotopic (exact) mass is 500 g/mol. The van der Waals surface area contributed by atoms with E-state index >= 15 is 0 Å². The first-order chi connectivity index (χ1) is 13.8. The van der Waals surface area contributed by atoms with Crippen LogP contribution in [0.25, 0.3) is 16.6 Å². The van der Waals surface area contributed by atoms with E-state index in [1.165, 1.54) is 10.9 Å². The Labute approximate surface area is 187 Å². The average molecular weight is 500 g/mol. The molecule has 0 bridgehead atoms. The molecular weight excluding hydrogens is 475 g/mol. The van der Waals surface area contributed by atoms with Crippen LogP contribution in [0.3, 0.4) is 0 Å². The highest BCUT2D eigenvalue weighted by Gasteiger charge is 2.03. The lowest BCUT2D eigenvalue weighted by Crippen LogP contribution is -2.37. The Morgan fingerprint density at radius 2 is 1.90 bits per heavy atom. The molecule has 6 nitrogen and oxygen atoms in total. The van der Waals surface area contributed by atoms with Gasteiger partial charge >= 0.3 is 0 Å².